The van der Waals surface area contributed by atoms with Crippen molar-refractivity contribution >= 4 is 17.5 Å². The van der Waals surface area contributed by atoms with Crippen molar-refractivity contribution in [3.8, 4) is 5.75 Å². The highest BCUT2D eigenvalue weighted by atomic mass is 19.2. The van der Waals surface area contributed by atoms with Crippen molar-refractivity contribution in [2.24, 2.45) is 5.92 Å². The number of amides is 2. The molecule has 2 aromatic rings. The molecular weight excluding hydrogens is 378 g/mol. The molecule has 7 heteroatoms. The van der Waals surface area contributed by atoms with E-state index in [0.29, 0.717) is 5.69 Å². The van der Waals surface area contributed by atoms with Gasteiger partial charge in [-0.15, -0.1) is 0 Å². The number of halogens is 2. The standard InChI is InChI=1S/C22H24F2N2O3/c1-14(29-18-9-10-19(23)20(24)12-18)21(27)25-13-15-5-4-8-17(11-15)26-22(28)16-6-2-3-7-16/h4-5,8-12,14,16H,2-3,6-7,13H2,1H3,(H,25,27)(H,26,28). The Balaban J connectivity index is 1.51. The van der Waals surface area contributed by atoms with Gasteiger partial charge in [0.15, 0.2) is 17.7 Å². The lowest BCUT2D eigenvalue weighted by Gasteiger charge is -2.15. The summed E-state index contributed by atoms with van der Waals surface area (Å²) >= 11 is 0. The Morgan fingerprint density at radius 2 is 1.86 bits per heavy atom. The molecule has 0 bridgehead atoms. The van der Waals surface area contributed by atoms with Crippen LogP contribution in [0.2, 0.25) is 0 Å². The minimum absolute atomic E-state index is 0.0391. The molecule has 154 valence electrons. The first-order valence-electron chi connectivity index (χ1n) is 9.71. The van der Waals surface area contributed by atoms with Crippen molar-refractivity contribution in [1.82, 2.24) is 5.32 Å². The van der Waals surface area contributed by atoms with E-state index in [-0.39, 0.29) is 24.1 Å². The van der Waals surface area contributed by atoms with Gasteiger partial charge >= 0.3 is 0 Å². The number of hydrogen-bond donors (Lipinski definition) is 2. The van der Waals surface area contributed by atoms with Gasteiger partial charge in [0.1, 0.15) is 5.75 Å². The summed E-state index contributed by atoms with van der Waals surface area (Å²) in [5.74, 6) is -2.22. The molecule has 0 saturated heterocycles. The van der Waals surface area contributed by atoms with Crippen LogP contribution >= 0.6 is 0 Å². The second-order valence-electron chi connectivity index (χ2n) is 7.22. The average Bonchev–Trinajstić information content (AvgIpc) is 3.24. The highest BCUT2D eigenvalue weighted by Gasteiger charge is 2.22. The molecule has 1 atom stereocenters. The molecule has 1 aliphatic rings. The maximum Gasteiger partial charge on any atom is 0.261 e. The van der Waals surface area contributed by atoms with E-state index < -0.39 is 23.6 Å². The largest absolute Gasteiger partial charge is 0.481 e. The Morgan fingerprint density at radius 3 is 2.59 bits per heavy atom. The monoisotopic (exact) mass is 402 g/mol. The van der Waals surface area contributed by atoms with Gasteiger partial charge in [0.05, 0.1) is 0 Å². The number of anilines is 1. The van der Waals surface area contributed by atoms with E-state index in [0.717, 1.165) is 43.4 Å². The van der Waals surface area contributed by atoms with Gasteiger partial charge in [0, 0.05) is 24.2 Å². The van der Waals surface area contributed by atoms with Crippen LogP contribution < -0.4 is 15.4 Å². The number of nitrogens with one attached hydrogen (secondary N) is 2. The van der Waals surface area contributed by atoms with Gasteiger partial charge in [-0.05, 0) is 49.6 Å². The molecule has 0 aromatic heterocycles. The minimum atomic E-state index is -1.04. The maximum absolute atomic E-state index is 13.2. The summed E-state index contributed by atoms with van der Waals surface area (Å²) in [6.07, 6.45) is 3.16. The Hall–Kier alpha value is -2.96. The molecule has 5 nitrogen and oxygen atoms in total. The Morgan fingerprint density at radius 1 is 1.10 bits per heavy atom. The molecule has 2 amide bonds. The van der Waals surface area contributed by atoms with Crippen LogP contribution in [0.4, 0.5) is 14.5 Å². The van der Waals surface area contributed by atoms with Crippen molar-refractivity contribution in [3.05, 3.63) is 59.7 Å². The third kappa shape index (κ3) is 5.76. The van der Waals surface area contributed by atoms with Crippen LogP contribution in [0.1, 0.15) is 38.2 Å². The number of hydrogen-bond acceptors (Lipinski definition) is 3. The van der Waals surface area contributed by atoms with E-state index in [1.807, 2.05) is 24.3 Å². The zero-order valence-corrected chi connectivity index (χ0v) is 16.2. The fraction of sp³-hybridized carbons (Fsp3) is 0.364. The second-order valence-corrected chi connectivity index (χ2v) is 7.22. The predicted molar refractivity (Wildman–Crippen MR) is 105 cm³/mol. The van der Waals surface area contributed by atoms with Crippen LogP contribution in [-0.2, 0) is 16.1 Å². The van der Waals surface area contributed by atoms with Crippen LogP contribution in [0.25, 0.3) is 0 Å². The number of benzene rings is 2. The summed E-state index contributed by atoms with van der Waals surface area (Å²) in [6, 6.07) is 10.4. The van der Waals surface area contributed by atoms with E-state index in [9.17, 15) is 18.4 Å². The smallest absolute Gasteiger partial charge is 0.261 e. The van der Waals surface area contributed by atoms with Crippen LogP contribution in [0, 0.1) is 17.6 Å². The summed E-state index contributed by atoms with van der Waals surface area (Å²) in [5.41, 5.74) is 1.52. The van der Waals surface area contributed by atoms with Gasteiger partial charge < -0.3 is 15.4 Å². The lowest BCUT2D eigenvalue weighted by Crippen LogP contribution is -2.35. The first-order valence-corrected chi connectivity index (χ1v) is 9.71. The molecule has 1 aliphatic carbocycles. The van der Waals surface area contributed by atoms with E-state index in [4.69, 9.17) is 4.74 Å². The number of rotatable bonds is 7. The van der Waals surface area contributed by atoms with Crippen molar-refractivity contribution in [1.29, 1.82) is 0 Å². The summed E-state index contributed by atoms with van der Waals surface area (Å²) < 4.78 is 31.6. The Kier molecular flexibility index (Phi) is 6.80. The average molecular weight is 402 g/mol. The zero-order chi connectivity index (χ0) is 20.8. The number of carbonyl (C=O) groups excluding carboxylic acids is 2. The highest BCUT2D eigenvalue weighted by Crippen LogP contribution is 2.26. The molecular formula is C22H24F2N2O3. The summed E-state index contributed by atoms with van der Waals surface area (Å²) in [5, 5.41) is 5.67. The van der Waals surface area contributed by atoms with Gasteiger partial charge in [0.25, 0.3) is 5.91 Å². The topological polar surface area (TPSA) is 67.4 Å². The van der Waals surface area contributed by atoms with Crippen LogP contribution in [0.5, 0.6) is 5.75 Å². The fourth-order valence-electron chi connectivity index (χ4n) is 3.33. The summed E-state index contributed by atoms with van der Waals surface area (Å²) in [7, 11) is 0. The molecule has 0 heterocycles. The SMILES string of the molecule is CC(Oc1ccc(F)c(F)c1)C(=O)NCc1cccc(NC(=O)C2CCCC2)c1. The lowest BCUT2D eigenvalue weighted by atomic mass is 10.1. The molecule has 1 fully saturated rings. The van der Waals surface area contributed by atoms with Gasteiger partial charge in [-0.2, -0.15) is 0 Å². The summed E-state index contributed by atoms with van der Waals surface area (Å²) in [4.78, 5) is 24.5. The molecule has 29 heavy (non-hydrogen) atoms. The molecule has 1 saturated carbocycles. The number of carbonyl (C=O) groups is 2. The third-order valence-corrected chi connectivity index (χ3v) is 4.96. The molecule has 0 aliphatic heterocycles. The fourth-order valence-corrected chi connectivity index (χ4v) is 3.33. The van der Waals surface area contributed by atoms with E-state index in [1.54, 1.807) is 0 Å². The van der Waals surface area contributed by atoms with Gasteiger partial charge in [-0.3, -0.25) is 9.59 Å². The van der Waals surface area contributed by atoms with Gasteiger partial charge in [-0.1, -0.05) is 25.0 Å². The van der Waals surface area contributed by atoms with Gasteiger partial charge in [0.2, 0.25) is 5.91 Å². The van der Waals surface area contributed by atoms with Crippen LogP contribution in [0.3, 0.4) is 0 Å². The Labute approximate surface area is 168 Å². The van der Waals surface area contributed by atoms with Gasteiger partial charge in [-0.25, -0.2) is 8.78 Å². The first-order chi connectivity index (χ1) is 13.9. The van der Waals surface area contributed by atoms with Crippen molar-refractivity contribution in [2.75, 3.05) is 5.32 Å². The molecule has 0 radical (unpaired) electrons. The van der Waals surface area contributed by atoms with E-state index in [1.165, 1.54) is 13.0 Å². The van der Waals surface area contributed by atoms with Crippen molar-refractivity contribution in [3.63, 3.8) is 0 Å². The van der Waals surface area contributed by atoms with Crippen LogP contribution in [-0.4, -0.2) is 17.9 Å². The third-order valence-electron chi connectivity index (χ3n) is 4.96. The van der Waals surface area contributed by atoms with Crippen molar-refractivity contribution < 1.29 is 23.1 Å². The lowest BCUT2D eigenvalue weighted by molar-refractivity contribution is -0.127. The normalized spacial score (nSPS) is 15.0. The molecule has 2 N–H and O–H groups in total. The van der Waals surface area contributed by atoms with E-state index in [2.05, 4.69) is 10.6 Å². The second kappa shape index (κ2) is 9.49. The predicted octanol–water partition coefficient (Wildman–Crippen LogP) is 4.18. The summed E-state index contributed by atoms with van der Waals surface area (Å²) in [6.45, 7) is 1.77. The molecule has 3 rings (SSSR count). The maximum atomic E-state index is 13.2. The van der Waals surface area contributed by atoms with Crippen molar-refractivity contribution in [2.45, 2.75) is 45.3 Å². The highest BCUT2D eigenvalue weighted by molar-refractivity contribution is 5.92. The Bertz CT molecular complexity index is 882. The van der Waals surface area contributed by atoms with Crippen LogP contribution in [0.15, 0.2) is 42.5 Å². The molecule has 0 spiro atoms. The molecule has 1 unspecified atom stereocenters. The zero-order valence-electron chi connectivity index (χ0n) is 16.2. The van der Waals surface area contributed by atoms with E-state index >= 15 is 0 Å². The minimum Gasteiger partial charge on any atom is -0.481 e. The number of ether oxygens (including phenoxy) is 1. The first kappa shape index (κ1) is 20.8. The quantitative estimate of drug-likeness (QED) is 0.730. The molecule has 2 aromatic carbocycles.